The lowest BCUT2D eigenvalue weighted by molar-refractivity contribution is -0.120. The molecular formula is C20H21ClN2O3. The van der Waals surface area contributed by atoms with Crippen molar-refractivity contribution >= 4 is 28.9 Å². The van der Waals surface area contributed by atoms with Crippen LogP contribution in [0.25, 0.3) is 0 Å². The largest absolute Gasteiger partial charge is 0.486 e. The summed E-state index contributed by atoms with van der Waals surface area (Å²) >= 11 is 6.07. The Kier molecular flexibility index (Phi) is 4.89. The van der Waals surface area contributed by atoms with Crippen molar-refractivity contribution in [3.63, 3.8) is 0 Å². The second-order valence-electron chi connectivity index (χ2n) is 6.59. The summed E-state index contributed by atoms with van der Waals surface area (Å²) in [6.07, 6.45) is 1.64. The Morgan fingerprint density at radius 2 is 1.81 bits per heavy atom. The zero-order valence-corrected chi connectivity index (χ0v) is 15.2. The third-order valence-electron chi connectivity index (χ3n) is 4.85. The number of amides is 1. The highest BCUT2D eigenvalue weighted by molar-refractivity contribution is 6.30. The van der Waals surface area contributed by atoms with Crippen LogP contribution in [0.1, 0.15) is 12.8 Å². The van der Waals surface area contributed by atoms with Crippen molar-refractivity contribution in [2.45, 2.75) is 12.8 Å². The van der Waals surface area contributed by atoms with Crippen molar-refractivity contribution in [1.29, 1.82) is 0 Å². The molecule has 5 nitrogen and oxygen atoms in total. The molecular weight excluding hydrogens is 352 g/mol. The molecule has 26 heavy (non-hydrogen) atoms. The molecule has 6 heteroatoms. The molecule has 0 spiro atoms. The molecule has 2 aromatic rings. The third-order valence-corrected chi connectivity index (χ3v) is 5.08. The average Bonchev–Trinajstić information content (AvgIpc) is 2.68. The summed E-state index contributed by atoms with van der Waals surface area (Å²) in [6.45, 7) is 2.79. The van der Waals surface area contributed by atoms with Crippen molar-refractivity contribution in [2.75, 3.05) is 36.5 Å². The highest BCUT2D eigenvalue weighted by Gasteiger charge is 2.25. The van der Waals surface area contributed by atoms with Gasteiger partial charge in [-0.2, -0.15) is 0 Å². The van der Waals surface area contributed by atoms with Crippen LogP contribution in [-0.4, -0.2) is 32.2 Å². The van der Waals surface area contributed by atoms with Crippen LogP contribution in [0, 0.1) is 5.92 Å². The highest BCUT2D eigenvalue weighted by Crippen LogP contribution is 2.33. The molecule has 1 saturated heterocycles. The van der Waals surface area contributed by atoms with E-state index >= 15 is 0 Å². The van der Waals surface area contributed by atoms with Gasteiger partial charge in [0.2, 0.25) is 5.91 Å². The number of nitrogens with zero attached hydrogens (tertiary/aromatic N) is 1. The molecule has 2 heterocycles. The number of hydrogen-bond donors (Lipinski definition) is 1. The molecule has 1 amide bonds. The molecule has 2 aromatic carbocycles. The fraction of sp³-hybridized carbons (Fsp3) is 0.350. The van der Waals surface area contributed by atoms with Gasteiger partial charge in [0.25, 0.3) is 0 Å². The van der Waals surface area contributed by atoms with E-state index in [2.05, 4.69) is 16.3 Å². The summed E-state index contributed by atoms with van der Waals surface area (Å²) in [7, 11) is 0. The lowest BCUT2D eigenvalue weighted by Gasteiger charge is -2.33. The minimum Gasteiger partial charge on any atom is -0.486 e. The van der Waals surface area contributed by atoms with Gasteiger partial charge >= 0.3 is 0 Å². The first-order chi connectivity index (χ1) is 12.7. The summed E-state index contributed by atoms with van der Waals surface area (Å²) in [5.41, 5.74) is 1.86. The van der Waals surface area contributed by atoms with E-state index in [-0.39, 0.29) is 11.8 Å². The Bertz CT molecular complexity index is 803. The first kappa shape index (κ1) is 17.0. The molecule has 4 rings (SSSR count). The predicted octanol–water partition coefficient (Wildman–Crippen LogP) is 3.97. The maximum absolute atomic E-state index is 12.6. The summed E-state index contributed by atoms with van der Waals surface area (Å²) in [5.74, 6) is 1.49. The van der Waals surface area contributed by atoms with E-state index in [0.29, 0.717) is 19.0 Å². The van der Waals surface area contributed by atoms with Gasteiger partial charge in [0.15, 0.2) is 11.5 Å². The molecule has 0 radical (unpaired) electrons. The van der Waals surface area contributed by atoms with Gasteiger partial charge in [-0.1, -0.05) is 17.7 Å². The van der Waals surface area contributed by atoms with Crippen LogP contribution in [0.3, 0.4) is 0 Å². The van der Waals surface area contributed by atoms with Crippen LogP contribution in [-0.2, 0) is 4.79 Å². The van der Waals surface area contributed by atoms with E-state index in [1.807, 2.05) is 36.4 Å². The number of carbonyl (C=O) groups is 1. The van der Waals surface area contributed by atoms with E-state index in [9.17, 15) is 4.79 Å². The Hall–Kier alpha value is -2.40. The van der Waals surface area contributed by atoms with Gasteiger partial charge in [-0.3, -0.25) is 4.79 Å². The smallest absolute Gasteiger partial charge is 0.227 e. The molecule has 0 aliphatic carbocycles. The Labute approximate surface area is 157 Å². The van der Waals surface area contributed by atoms with Crippen molar-refractivity contribution in [1.82, 2.24) is 0 Å². The number of rotatable bonds is 3. The Morgan fingerprint density at radius 1 is 1.04 bits per heavy atom. The van der Waals surface area contributed by atoms with Gasteiger partial charge in [-0.05, 0) is 43.2 Å². The molecule has 0 aromatic heterocycles. The van der Waals surface area contributed by atoms with Gasteiger partial charge in [0.1, 0.15) is 13.2 Å². The monoisotopic (exact) mass is 372 g/mol. The summed E-state index contributed by atoms with van der Waals surface area (Å²) in [5, 5.41) is 3.75. The summed E-state index contributed by atoms with van der Waals surface area (Å²) in [6, 6.07) is 13.4. The number of anilines is 2. The maximum atomic E-state index is 12.6. The van der Waals surface area contributed by atoms with E-state index in [1.165, 1.54) is 0 Å². The second-order valence-corrected chi connectivity index (χ2v) is 7.03. The van der Waals surface area contributed by atoms with Crippen molar-refractivity contribution < 1.29 is 14.3 Å². The van der Waals surface area contributed by atoms with Crippen LogP contribution in [0.4, 0.5) is 11.4 Å². The van der Waals surface area contributed by atoms with E-state index in [0.717, 1.165) is 48.1 Å². The van der Waals surface area contributed by atoms with Gasteiger partial charge in [0.05, 0.1) is 0 Å². The number of carbonyl (C=O) groups excluding carboxylic acids is 1. The van der Waals surface area contributed by atoms with Crippen LogP contribution in [0.5, 0.6) is 11.5 Å². The van der Waals surface area contributed by atoms with E-state index in [4.69, 9.17) is 21.1 Å². The molecule has 0 saturated carbocycles. The van der Waals surface area contributed by atoms with Crippen molar-refractivity contribution in [3.8, 4) is 11.5 Å². The number of nitrogens with one attached hydrogen (secondary N) is 1. The number of hydrogen-bond acceptors (Lipinski definition) is 4. The first-order valence-corrected chi connectivity index (χ1v) is 9.28. The molecule has 136 valence electrons. The maximum Gasteiger partial charge on any atom is 0.227 e. The second kappa shape index (κ2) is 7.46. The third kappa shape index (κ3) is 3.73. The quantitative estimate of drug-likeness (QED) is 0.885. The first-order valence-electron chi connectivity index (χ1n) is 8.90. The minimum absolute atomic E-state index is 0.0126. The molecule has 1 N–H and O–H groups in total. The zero-order valence-electron chi connectivity index (χ0n) is 14.4. The summed E-state index contributed by atoms with van der Waals surface area (Å²) < 4.78 is 11.1. The van der Waals surface area contributed by atoms with Crippen LogP contribution in [0.15, 0.2) is 42.5 Å². The molecule has 0 unspecified atom stereocenters. The lowest BCUT2D eigenvalue weighted by Crippen LogP contribution is -2.38. The Balaban J connectivity index is 1.35. The topological polar surface area (TPSA) is 50.8 Å². The number of benzene rings is 2. The SMILES string of the molecule is O=C(Nc1ccc2c(c1)OCCO2)C1CCN(c2cccc(Cl)c2)CC1. The van der Waals surface area contributed by atoms with E-state index in [1.54, 1.807) is 0 Å². The fourth-order valence-corrected chi connectivity index (χ4v) is 3.62. The minimum atomic E-state index is 0.0126. The molecule has 1 fully saturated rings. The molecule has 2 aliphatic rings. The highest BCUT2D eigenvalue weighted by atomic mass is 35.5. The molecule has 0 bridgehead atoms. The Morgan fingerprint density at radius 3 is 2.58 bits per heavy atom. The lowest BCUT2D eigenvalue weighted by atomic mass is 9.95. The van der Waals surface area contributed by atoms with Gasteiger partial charge < -0.3 is 19.7 Å². The predicted molar refractivity (Wildman–Crippen MR) is 102 cm³/mol. The van der Waals surface area contributed by atoms with Gasteiger partial charge in [-0.15, -0.1) is 0 Å². The van der Waals surface area contributed by atoms with Crippen LogP contribution in [0.2, 0.25) is 5.02 Å². The molecule has 0 atom stereocenters. The standard InChI is InChI=1S/C20H21ClN2O3/c21-15-2-1-3-17(12-15)23-8-6-14(7-9-23)20(24)22-16-4-5-18-19(13-16)26-11-10-25-18/h1-5,12-14H,6-11H2,(H,22,24). The van der Waals surface area contributed by atoms with E-state index < -0.39 is 0 Å². The normalized spacial score (nSPS) is 17.0. The van der Waals surface area contributed by atoms with Crippen LogP contribution >= 0.6 is 11.6 Å². The number of fused-ring (bicyclic) bond motifs is 1. The number of ether oxygens (including phenoxy) is 2. The zero-order chi connectivity index (χ0) is 17.9. The van der Waals surface area contributed by atoms with Crippen LogP contribution < -0.4 is 19.7 Å². The van der Waals surface area contributed by atoms with Crippen molar-refractivity contribution in [2.24, 2.45) is 5.92 Å². The summed E-state index contributed by atoms with van der Waals surface area (Å²) in [4.78, 5) is 14.9. The van der Waals surface area contributed by atoms with Gasteiger partial charge in [0, 0.05) is 41.5 Å². The number of halogens is 1. The van der Waals surface area contributed by atoms with Crippen molar-refractivity contribution in [3.05, 3.63) is 47.5 Å². The fourth-order valence-electron chi connectivity index (χ4n) is 3.44. The number of piperidine rings is 1. The van der Waals surface area contributed by atoms with Gasteiger partial charge in [-0.25, -0.2) is 0 Å². The molecule has 2 aliphatic heterocycles. The average molecular weight is 373 g/mol.